The van der Waals surface area contributed by atoms with Crippen molar-refractivity contribution in [3.05, 3.63) is 57.5 Å². The van der Waals surface area contributed by atoms with Crippen molar-refractivity contribution in [1.29, 1.82) is 0 Å². The third-order valence-electron chi connectivity index (χ3n) is 2.58. The maximum atomic E-state index is 11.9. The molecular formula is C15H13BrClNOS. The van der Waals surface area contributed by atoms with Crippen molar-refractivity contribution in [3.63, 3.8) is 0 Å². The number of hydrogen-bond donors (Lipinski definition) is 1. The summed E-state index contributed by atoms with van der Waals surface area (Å²) in [6.07, 6.45) is 0. The zero-order chi connectivity index (χ0) is 14.5. The van der Waals surface area contributed by atoms with Crippen molar-refractivity contribution in [2.75, 3.05) is 11.1 Å². The van der Waals surface area contributed by atoms with Gasteiger partial charge in [-0.2, -0.15) is 0 Å². The number of amides is 1. The highest BCUT2D eigenvalue weighted by Crippen LogP contribution is 2.24. The first-order valence-corrected chi connectivity index (χ1v) is 8.14. The predicted molar refractivity (Wildman–Crippen MR) is 89.7 cm³/mol. The van der Waals surface area contributed by atoms with Crippen LogP contribution in [-0.4, -0.2) is 11.7 Å². The van der Waals surface area contributed by atoms with Gasteiger partial charge in [0.2, 0.25) is 5.91 Å². The maximum Gasteiger partial charge on any atom is 0.234 e. The lowest BCUT2D eigenvalue weighted by atomic mass is 10.2. The van der Waals surface area contributed by atoms with Crippen molar-refractivity contribution >= 4 is 50.9 Å². The quantitative estimate of drug-likeness (QED) is 0.755. The fourth-order valence-corrected chi connectivity index (χ4v) is 3.00. The molecule has 0 heterocycles. The maximum absolute atomic E-state index is 11.9. The smallest absolute Gasteiger partial charge is 0.234 e. The normalized spacial score (nSPS) is 10.3. The highest BCUT2D eigenvalue weighted by atomic mass is 79.9. The number of nitrogens with one attached hydrogen (secondary N) is 1. The van der Waals surface area contributed by atoms with Gasteiger partial charge in [0.15, 0.2) is 0 Å². The molecule has 20 heavy (non-hydrogen) atoms. The second-order valence-electron chi connectivity index (χ2n) is 4.27. The minimum absolute atomic E-state index is 0.0329. The standard InChI is InChI=1S/C15H13BrClNOS/c1-10-2-7-14(13(16)8-10)18-15(19)9-20-12-5-3-11(17)4-6-12/h2-8H,9H2,1H3,(H,18,19). The molecule has 0 radical (unpaired) electrons. The Bertz CT molecular complexity index is 616. The van der Waals surface area contributed by atoms with Crippen LogP contribution in [0.3, 0.4) is 0 Å². The molecule has 1 N–H and O–H groups in total. The minimum Gasteiger partial charge on any atom is -0.324 e. The Morgan fingerprint density at radius 2 is 1.95 bits per heavy atom. The highest BCUT2D eigenvalue weighted by Gasteiger charge is 2.06. The summed E-state index contributed by atoms with van der Waals surface area (Å²) in [5.41, 5.74) is 1.93. The van der Waals surface area contributed by atoms with Gasteiger partial charge in [0.1, 0.15) is 0 Å². The summed E-state index contributed by atoms with van der Waals surface area (Å²) in [6.45, 7) is 2.01. The molecule has 2 nitrogen and oxygen atoms in total. The van der Waals surface area contributed by atoms with Crippen LogP contribution in [0.4, 0.5) is 5.69 Å². The number of halogens is 2. The third kappa shape index (κ3) is 4.54. The van der Waals surface area contributed by atoms with E-state index in [9.17, 15) is 4.79 Å². The van der Waals surface area contributed by atoms with Crippen LogP contribution >= 0.6 is 39.3 Å². The molecule has 104 valence electrons. The average molecular weight is 371 g/mol. The summed E-state index contributed by atoms with van der Waals surface area (Å²) in [5, 5.41) is 3.58. The van der Waals surface area contributed by atoms with Crippen LogP contribution < -0.4 is 5.32 Å². The number of carbonyl (C=O) groups excluding carboxylic acids is 1. The monoisotopic (exact) mass is 369 g/mol. The number of anilines is 1. The number of hydrogen-bond acceptors (Lipinski definition) is 2. The van der Waals surface area contributed by atoms with Crippen LogP contribution in [-0.2, 0) is 4.79 Å². The van der Waals surface area contributed by atoms with E-state index in [0.29, 0.717) is 10.8 Å². The number of thioether (sulfide) groups is 1. The van der Waals surface area contributed by atoms with E-state index in [4.69, 9.17) is 11.6 Å². The summed E-state index contributed by atoms with van der Waals surface area (Å²) < 4.78 is 0.891. The predicted octanol–water partition coefficient (Wildman–Crippen LogP) is 5.14. The molecule has 0 aliphatic heterocycles. The Kier molecular flexibility index (Phi) is 5.52. The van der Waals surface area contributed by atoms with Crippen molar-refractivity contribution in [1.82, 2.24) is 0 Å². The van der Waals surface area contributed by atoms with E-state index >= 15 is 0 Å². The first-order chi connectivity index (χ1) is 9.54. The van der Waals surface area contributed by atoms with E-state index in [2.05, 4.69) is 21.2 Å². The van der Waals surface area contributed by atoms with Gasteiger partial charge in [0, 0.05) is 14.4 Å². The van der Waals surface area contributed by atoms with Gasteiger partial charge in [-0.1, -0.05) is 17.7 Å². The lowest BCUT2D eigenvalue weighted by Gasteiger charge is -2.08. The summed E-state index contributed by atoms with van der Waals surface area (Å²) in [6, 6.07) is 13.3. The molecule has 0 saturated carbocycles. The van der Waals surface area contributed by atoms with Gasteiger partial charge in [0.05, 0.1) is 11.4 Å². The second kappa shape index (κ2) is 7.16. The lowest BCUT2D eigenvalue weighted by Crippen LogP contribution is -2.14. The summed E-state index contributed by atoms with van der Waals surface area (Å²) >= 11 is 10.7. The van der Waals surface area contributed by atoms with E-state index in [1.54, 1.807) is 0 Å². The van der Waals surface area contributed by atoms with E-state index in [-0.39, 0.29) is 5.91 Å². The van der Waals surface area contributed by atoms with Crippen LogP contribution in [0.5, 0.6) is 0 Å². The molecule has 2 aromatic carbocycles. The number of benzene rings is 2. The molecule has 0 aromatic heterocycles. The molecule has 0 aliphatic carbocycles. The highest BCUT2D eigenvalue weighted by molar-refractivity contribution is 9.10. The molecule has 5 heteroatoms. The molecular weight excluding hydrogens is 358 g/mol. The van der Waals surface area contributed by atoms with Crippen LogP contribution in [0.1, 0.15) is 5.56 Å². The molecule has 0 unspecified atom stereocenters. The molecule has 2 rings (SSSR count). The third-order valence-corrected chi connectivity index (χ3v) is 4.50. The average Bonchev–Trinajstić information content (AvgIpc) is 2.41. The molecule has 0 fully saturated rings. The molecule has 0 spiro atoms. The Morgan fingerprint density at radius 3 is 2.60 bits per heavy atom. The van der Waals surface area contributed by atoms with Crippen molar-refractivity contribution in [2.45, 2.75) is 11.8 Å². The first kappa shape index (κ1) is 15.4. The van der Waals surface area contributed by atoms with E-state index < -0.39 is 0 Å². The molecule has 2 aromatic rings. The van der Waals surface area contributed by atoms with Gasteiger partial charge in [-0.15, -0.1) is 11.8 Å². The zero-order valence-corrected chi connectivity index (χ0v) is 14.0. The largest absolute Gasteiger partial charge is 0.324 e. The van der Waals surface area contributed by atoms with Gasteiger partial charge >= 0.3 is 0 Å². The summed E-state index contributed by atoms with van der Waals surface area (Å²) in [7, 11) is 0. The van der Waals surface area contributed by atoms with E-state index in [0.717, 1.165) is 20.6 Å². The Hall–Kier alpha value is -0.970. The van der Waals surface area contributed by atoms with Gasteiger partial charge in [-0.3, -0.25) is 4.79 Å². The number of carbonyl (C=O) groups is 1. The van der Waals surface area contributed by atoms with Gasteiger partial charge in [0.25, 0.3) is 0 Å². The fraction of sp³-hybridized carbons (Fsp3) is 0.133. The lowest BCUT2D eigenvalue weighted by molar-refractivity contribution is -0.113. The molecule has 0 bridgehead atoms. The SMILES string of the molecule is Cc1ccc(NC(=O)CSc2ccc(Cl)cc2)c(Br)c1. The van der Waals surface area contributed by atoms with E-state index in [1.165, 1.54) is 11.8 Å². The first-order valence-electron chi connectivity index (χ1n) is 5.99. The Balaban J connectivity index is 1.90. The number of aryl methyl sites for hydroxylation is 1. The van der Waals surface area contributed by atoms with Crippen molar-refractivity contribution < 1.29 is 4.79 Å². The number of rotatable bonds is 4. The van der Waals surface area contributed by atoms with Crippen LogP contribution in [0, 0.1) is 6.92 Å². The van der Waals surface area contributed by atoms with Gasteiger partial charge in [-0.25, -0.2) is 0 Å². The Labute approximate surface area is 136 Å². The summed E-state index contributed by atoms with van der Waals surface area (Å²) in [4.78, 5) is 12.9. The van der Waals surface area contributed by atoms with Crippen LogP contribution in [0.2, 0.25) is 5.02 Å². The van der Waals surface area contributed by atoms with Gasteiger partial charge in [-0.05, 0) is 64.8 Å². The molecule has 1 amide bonds. The van der Waals surface area contributed by atoms with Gasteiger partial charge < -0.3 is 5.32 Å². The van der Waals surface area contributed by atoms with E-state index in [1.807, 2.05) is 49.4 Å². The minimum atomic E-state index is -0.0329. The zero-order valence-electron chi connectivity index (χ0n) is 10.8. The topological polar surface area (TPSA) is 29.1 Å². The molecule has 0 atom stereocenters. The van der Waals surface area contributed by atoms with Crippen molar-refractivity contribution in [3.8, 4) is 0 Å². The van der Waals surface area contributed by atoms with Crippen LogP contribution in [0.15, 0.2) is 51.8 Å². The molecule has 0 aliphatic rings. The fourth-order valence-electron chi connectivity index (χ4n) is 1.59. The van der Waals surface area contributed by atoms with Crippen molar-refractivity contribution in [2.24, 2.45) is 0 Å². The second-order valence-corrected chi connectivity index (χ2v) is 6.61. The summed E-state index contributed by atoms with van der Waals surface area (Å²) in [5.74, 6) is 0.330. The Morgan fingerprint density at radius 1 is 1.25 bits per heavy atom. The van der Waals surface area contributed by atoms with Crippen LogP contribution in [0.25, 0.3) is 0 Å². The molecule has 0 saturated heterocycles.